The van der Waals surface area contributed by atoms with Crippen LogP contribution in [0.15, 0.2) is 82.7 Å². The lowest BCUT2D eigenvalue weighted by atomic mass is 10.0. The molecule has 0 radical (unpaired) electrons. The van der Waals surface area contributed by atoms with Crippen LogP contribution in [-0.2, 0) is 0 Å². The van der Waals surface area contributed by atoms with Gasteiger partial charge in [-0.1, -0.05) is 41.6 Å². The largest absolute Gasteiger partial charge is 0.409 e. The Bertz CT molecular complexity index is 1260. The number of rotatable bonds is 3. The molecular formula is C21H15FN4O2. The third-order valence-electron chi connectivity index (χ3n) is 4.42. The number of fused-ring (bicyclic) bond motifs is 1. The molecule has 1 aromatic heterocycles. The highest BCUT2D eigenvalue weighted by atomic mass is 19.1. The van der Waals surface area contributed by atoms with E-state index in [1.807, 2.05) is 18.2 Å². The topological polar surface area (TPSA) is 93.5 Å². The van der Waals surface area contributed by atoms with E-state index in [0.717, 1.165) is 0 Å². The lowest BCUT2D eigenvalue weighted by Gasteiger charge is -2.12. The summed E-state index contributed by atoms with van der Waals surface area (Å²) in [6, 6.07) is 19.7. The number of aromatic nitrogens is 2. The molecule has 0 unspecified atom stereocenters. The molecular weight excluding hydrogens is 359 g/mol. The van der Waals surface area contributed by atoms with Crippen LogP contribution in [0.3, 0.4) is 0 Å². The zero-order valence-electron chi connectivity index (χ0n) is 14.6. The van der Waals surface area contributed by atoms with E-state index in [1.165, 1.54) is 28.9 Å². The summed E-state index contributed by atoms with van der Waals surface area (Å²) in [5, 5.41) is 17.7. The molecule has 0 amide bonds. The average Bonchev–Trinajstić information content (AvgIpc) is 2.74. The molecule has 0 aliphatic carbocycles. The van der Waals surface area contributed by atoms with Crippen LogP contribution in [0, 0.1) is 5.82 Å². The maximum Gasteiger partial charge on any atom is 0.279 e. The molecule has 0 saturated heterocycles. The van der Waals surface area contributed by atoms with E-state index in [2.05, 4.69) is 10.3 Å². The van der Waals surface area contributed by atoms with Gasteiger partial charge in [0.15, 0.2) is 5.84 Å². The Morgan fingerprint density at radius 2 is 1.71 bits per heavy atom. The Hall–Kier alpha value is -4.00. The summed E-state index contributed by atoms with van der Waals surface area (Å²) in [4.78, 5) is 13.0. The first-order chi connectivity index (χ1) is 13.6. The highest BCUT2D eigenvalue weighted by Gasteiger charge is 2.14. The number of nitrogens with two attached hydrogens (primary N) is 1. The van der Waals surface area contributed by atoms with Gasteiger partial charge in [-0.25, -0.2) is 4.39 Å². The van der Waals surface area contributed by atoms with Gasteiger partial charge in [0, 0.05) is 16.5 Å². The molecule has 1 heterocycles. The van der Waals surface area contributed by atoms with E-state index in [1.54, 1.807) is 30.3 Å². The third kappa shape index (κ3) is 2.99. The van der Waals surface area contributed by atoms with Crippen molar-refractivity contribution < 1.29 is 9.60 Å². The number of hydrogen-bond donors (Lipinski definition) is 2. The first-order valence-corrected chi connectivity index (χ1v) is 8.45. The molecule has 138 valence electrons. The second-order valence-electron chi connectivity index (χ2n) is 6.15. The maximum absolute atomic E-state index is 13.3. The number of oxime groups is 1. The summed E-state index contributed by atoms with van der Waals surface area (Å²) in [7, 11) is 0. The normalized spacial score (nSPS) is 11.7. The van der Waals surface area contributed by atoms with E-state index in [4.69, 9.17) is 10.9 Å². The van der Waals surface area contributed by atoms with Crippen molar-refractivity contribution in [3.63, 3.8) is 0 Å². The quantitative estimate of drug-likeness (QED) is 0.249. The number of halogens is 1. The summed E-state index contributed by atoms with van der Waals surface area (Å²) in [6.07, 6.45) is 0. The first-order valence-electron chi connectivity index (χ1n) is 8.45. The van der Waals surface area contributed by atoms with E-state index in [-0.39, 0.29) is 11.4 Å². The smallest absolute Gasteiger partial charge is 0.279 e. The molecule has 3 N–H and O–H groups in total. The monoisotopic (exact) mass is 374 g/mol. The number of hydrogen-bond acceptors (Lipinski definition) is 4. The van der Waals surface area contributed by atoms with Gasteiger partial charge in [0.05, 0.1) is 16.8 Å². The Morgan fingerprint density at radius 3 is 2.43 bits per heavy atom. The lowest BCUT2D eigenvalue weighted by molar-refractivity contribution is 0.318. The minimum absolute atomic E-state index is 0.0296. The molecule has 0 aliphatic rings. The Labute approximate surface area is 159 Å². The van der Waals surface area contributed by atoms with Gasteiger partial charge in [0.25, 0.3) is 5.56 Å². The molecule has 0 atom stereocenters. The first kappa shape index (κ1) is 17.4. The fourth-order valence-corrected chi connectivity index (χ4v) is 3.04. The van der Waals surface area contributed by atoms with Crippen LogP contribution in [0.2, 0.25) is 0 Å². The zero-order chi connectivity index (χ0) is 19.7. The van der Waals surface area contributed by atoms with Gasteiger partial charge in [-0.15, -0.1) is 0 Å². The molecule has 0 saturated carbocycles. The van der Waals surface area contributed by atoms with Crippen LogP contribution in [0.4, 0.5) is 4.39 Å². The zero-order valence-corrected chi connectivity index (χ0v) is 14.6. The standard InChI is InChI=1S/C21H15FN4O2/c22-15-8-10-16(11-9-15)26-21(27)18-7-2-1-6-17(18)19(24-26)13-4-3-5-14(12-13)20(23)25-28/h1-12,28H,(H2,23,25). The van der Waals surface area contributed by atoms with Crippen molar-refractivity contribution in [1.82, 2.24) is 9.78 Å². The second-order valence-corrected chi connectivity index (χ2v) is 6.15. The molecule has 28 heavy (non-hydrogen) atoms. The SMILES string of the molecule is NC(=NO)c1cccc(-c2nn(-c3ccc(F)cc3)c(=O)c3ccccc23)c1. The minimum Gasteiger partial charge on any atom is -0.409 e. The number of benzene rings is 3. The molecule has 7 heteroatoms. The summed E-state index contributed by atoms with van der Waals surface area (Å²) < 4.78 is 14.5. The molecule has 0 aliphatic heterocycles. The van der Waals surface area contributed by atoms with Crippen molar-refractivity contribution >= 4 is 16.6 Å². The molecule has 0 spiro atoms. The van der Waals surface area contributed by atoms with Gasteiger partial charge >= 0.3 is 0 Å². The fraction of sp³-hybridized carbons (Fsp3) is 0. The van der Waals surface area contributed by atoms with Crippen molar-refractivity contribution in [3.05, 3.63) is 94.5 Å². The van der Waals surface area contributed by atoms with Crippen molar-refractivity contribution in [3.8, 4) is 16.9 Å². The number of amidine groups is 1. The van der Waals surface area contributed by atoms with Crippen molar-refractivity contribution in [2.24, 2.45) is 10.9 Å². The van der Waals surface area contributed by atoms with Crippen molar-refractivity contribution in [1.29, 1.82) is 0 Å². The molecule has 4 rings (SSSR count). The Kier molecular flexibility index (Phi) is 4.33. The molecule has 3 aromatic carbocycles. The average molecular weight is 374 g/mol. The van der Waals surface area contributed by atoms with E-state index >= 15 is 0 Å². The molecule has 0 fully saturated rings. The summed E-state index contributed by atoms with van der Waals surface area (Å²) in [6.45, 7) is 0. The third-order valence-corrected chi connectivity index (χ3v) is 4.42. The van der Waals surface area contributed by atoms with E-state index in [9.17, 15) is 9.18 Å². The molecule has 4 aromatic rings. The van der Waals surface area contributed by atoms with Crippen LogP contribution in [0.1, 0.15) is 5.56 Å². The fourth-order valence-electron chi connectivity index (χ4n) is 3.04. The van der Waals surface area contributed by atoms with Gasteiger partial charge in [-0.3, -0.25) is 4.79 Å². The van der Waals surface area contributed by atoms with Gasteiger partial charge in [-0.2, -0.15) is 9.78 Å². The Balaban J connectivity index is 2.02. The van der Waals surface area contributed by atoms with Gasteiger partial charge in [0.1, 0.15) is 5.82 Å². The summed E-state index contributed by atoms with van der Waals surface area (Å²) in [5.74, 6) is -0.428. The minimum atomic E-state index is -0.399. The highest BCUT2D eigenvalue weighted by Crippen LogP contribution is 2.26. The van der Waals surface area contributed by atoms with E-state index in [0.29, 0.717) is 33.3 Å². The summed E-state index contributed by atoms with van der Waals surface area (Å²) >= 11 is 0. The molecule has 6 nitrogen and oxygen atoms in total. The van der Waals surface area contributed by atoms with Crippen LogP contribution < -0.4 is 11.3 Å². The lowest BCUT2D eigenvalue weighted by Crippen LogP contribution is -2.22. The number of nitrogens with zero attached hydrogens (tertiary/aromatic N) is 3. The highest BCUT2D eigenvalue weighted by molar-refractivity contribution is 5.99. The van der Waals surface area contributed by atoms with Gasteiger partial charge in [-0.05, 0) is 36.4 Å². The van der Waals surface area contributed by atoms with Gasteiger partial charge < -0.3 is 10.9 Å². The Morgan fingerprint density at radius 1 is 1.00 bits per heavy atom. The van der Waals surface area contributed by atoms with E-state index < -0.39 is 5.82 Å². The molecule has 0 bridgehead atoms. The second kappa shape index (κ2) is 6.96. The van der Waals surface area contributed by atoms with Crippen molar-refractivity contribution in [2.45, 2.75) is 0 Å². The predicted molar refractivity (Wildman–Crippen MR) is 105 cm³/mol. The van der Waals surface area contributed by atoms with Crippen molar-refractivity contribution in [2.75, 3.05) is 0 Å². The van der Waals surface area contributed by atoms with Gasteiger partial charge in [0.2, 0.25) is 0 Å². The van der Waals surface area contributed by atoms with Crippen LogP contribution in [0.25, 0.3) is 27.7 Å². The van der Waals surface area contributed by atoms with Crippen LogP contribution in [-0.4, -0.2) is 20.8 Å². The van der Waals surface area contributed by atoms with Crippen LogP contribution in [0.5, 0.6) is 0 Å². The maximum atomic E-state index is 13.3. The van der Waals surface area contributed by atoms with Crippen LogP contribution >= 0.6 is 0 Å². The summed E-state index contributed by atoms with van der Waals surface area (Å²) in [5.41, 5.74) is 7.60. The predicted octanol–water partition coefficient (Wildman–Crippen LogP) is 3.29.